The van der Waals surface area contributed by atoms with Gasteiger partial charge in [0.15, 0.2) is 0 Å². The van der Waals surface area contributed by atoms with Crippen LogP contribution in [-0.2, 0) is 14.3 Å². The summed E-state index contributed by atoms with van der Waals surface area (Å²) in [5.74, 6) is -0.836. The van der Waals surface area contributed by atoms with E-state index in [0.29, 0.717) is 23.0 Å². The molecule has 0 saturated carbocycles. The van der Waals surface area contributed by atoms with Gasteiger partial charge < -0.3 is 15.0 Å². The van der Waals surface area contributed by atoms with Crippen molar-refractivity contribution in [3.8, 4) is 0 Å². The molecule has 0 aliphatic rings. The number of ether oxygens (including phenoxy) is 1. The van der Waals surface area contributed by atoms with E-state index in [1.165, 1.54) is 23.2 Å². The summed E-state index contributed by atoms with van der Waals surface area (Å²) in [5, 5.41) is 3.24. The van der Waals surface area contributed by atoms with E-state index >= 15 is 0 Å². The van der Waals surface area contributed by atoms with Gasteiger partial charge in [-0.15, -0.1) is 11.3 Å². The summed E-state index contributed by atoms with van der Waals surface area (Å²) in [7, 11) is 0. The van der Waals surface area contributed by atoms with Crippen LogP contribution in [0.5, 0.6) is 0 Å². The lowest BCUT2D eigenvalue weighted by Crippen LogP contribution is -2.36. The first-order chi connectivity index (χ1) is 9.97. The lowest BCUT2D eigenvalue weighted by Gasteiger charge is -2.20. The van der Waals surface area contributed by atoms with Gasteiger partial charge in [0.2, 0.25) is 5.91 Å². The summed E-state index contributed by atoms with van der Waals surface area (Å²) in [4.78, 5) is 36.9. The minimum absolute atomic E-state index is 0.0616. The van der Waals surface area contributed by atoms with Gasteiger partial charge in [-0.3, -0.25) is 14.4 Å². The minimum atomic E-state index is -0.419. The number of thiophene rings is 1. The van der Waals surface area contributed by atoms with Crippen molar-refractivity contribution in [1.82, 2.24) is 4.90 Å². The van der Waals surface area contributed by atoms with Crippen molar-refractivity contribution in [2.45, 2.75) is 27.2 Å². The number of hydrogen-bond acceptors (Lipinski definition) is 5. The van der Waals surface area contributed by atoms with Crippen LogP contribution >= 0.6 is 11.3 Å². The van der Waals surface area contributed by atoms with E-state index in [0.717, 1.165) is 6.42 Å². The normalized spacial score (nSPS) is 10.0. The van der Waals surface area contributed by atoms with E-state index in [1.54, 1.807) is 19.1 Å². The molecule has 0 aromatic carbocycles. The van der Waals surface area contributed by atoms with Gasteiger partial charge in [0.05, 0.1) is 16.5 Å². The molecule has 0 bridgehead atoms. The van der Waals surface area contributed by atoms with Crippen molar-refractivity contribution in [1.29, 1.82) is 0 Å². The maximum Gasteiger partial charge on any atom is 0.325 e. The number of nitrogens with zero attached hydrogens (tertiary/aromatic N) is 1. The third-order valence-corrected chi connectivity index (χ3v) is 3.51. The molecule has 1 aromatic heterocycles. The zero-order chi connectivity index (χ0) is 15.8. The molecule has 2 amide bonds. The van der Waals surface area contributed by atoms with E-state index in [9.17, 15) is 14.4 Å². The van der Waals surface area contributed by atoms with Gasteiger partial charge in [-0.1, -0.05) is 6.92 Å². The lowest BCUT2D eigenvalue weighted by molar-refractivity contribution is -0.143. The second-order valence-electron chi connectivity index (χ2n) is 4.38. The molecule has 0 atom stereocenters. The molecule has 0 fully saturated rings. The van der Waals surface area contributed by atoms with Crippen molar-refractivity contribution in [3.05, 3.63) is 17.0 Å². The van der Waals surface area contributed by atoms with Crippen molar-refractivity contribution < 1.29 is 19.1 Å². The molecule has 7 heteroatoms. The van der Waals surface area contributed by atoms with Crippen LogP contribution in [0.1, 0.15) is 36.9 Å². The zero-order valence-electron chi connectivity index (χ0n) is 12.5. The number of hydrogen-bond donors (Lipinski definition) is 1. The summed E-state index contributed by atoms with van der Waals surface area (Å²) in [5.41, 5.74) is 0. The average Bonchev–Trinajstić information content (AvgIpc) is 2.85. The minimum Gasteiger partial charge on any atom is -0.465 e. The van der Waals surface area contributed by atoms with Crippen molar-refractivity contribution in [3.63, 3.8) is 0 Å². The molecule has 1 N–H and O–H groups in total. The van der Waals surface area contributed by atoms with E-state index in [-0.39, 0.29) is 18.4 Å². The number of nitrogens with one attached hydrogen (secondary N) is 1. The Hall–Kier alpha value is -1.89. The number of carbonyl (C=O) groups excluding carboxylic acids is 3. The number of esters is 1. The second-order valence-corrected chi connectivity index (χ2v) is 5.46. The fourth-order valence-electron chi connectivity index (χ4n) is 1.73. The molecule has 1 aromatic rings. The summed E-state index contributed by atoms with van der Waals surface area (Å²) in [6, 6.07) is 3.32. The van der Waals surface area contributed by atoms with Crippen LogP contribution in [0.15, 0.2) is 12.1 Å². The van der Waals surface area contributed by atoms with Crippen LogP contribution in [-0.4, -0.2) is 42.4 Å². The first-order valence-electron chi connectivity index (χ1n) is 6.80. The van der Waals surface area contributed by atoms with Crippen LogP contribution in [0.2, 0.25) is 0 Å². The second kappa shape index (κ2) is 8.41. The Bertz CT molecular complexity index is 513. The highest BCUT2D eigenvalue weighted by Gasteiger charge is 2.20. The lowest BCUT2D eigenvalue weighted by atomic mass is 10.3. The van der Waals surface area contributed by atoms with Crippen molar-refractivity contribution in [2.75, 3.05) is 25.0 Å². The largest absolute Gasteiger partial charge is 0.465 e. The summed E-state index contributed by atoms with van der Waals surface area (Å²) < 4.78 is 4.88. The molecular formula is C14H20N2O4S. The molecule has 0 unspecified atom stereocenters. The van der Waals surface area contributed by atoms with Crippen molar-refractivity contribution in [2.24, 2.45) is 0 Å². The zero-order valence-corrected chi connectivity index (χ0v) is 13.3. The van der Waals surface area contributed by atoms with E-state index < -0.39 is 5.97 Å². The molecule has 116 valence electrons. The summed E-state index contributed by atoms with van der Waals surface area (Å²) in [6.07, 6.45) is 0.745. The van der Waals surface area contributed by atoms with Gasteiger partial charge in [-0.05, 0) is 25.5 Å². The Morgan fingerprint density at radius 3 is 2.57 bits per heavy atom. The monoisotopic (exact) mass is 312 g/mol. The maximum absolute atomic E-state index is 12.4. The molecule has 0 radical (unpaired) electrons. The SMILES string of the molecule is CCCN(CC(=O)OCC)C(=O)c1ccc(NC(C)=O)s1. The fraction of sp³-hybridized carbons (Fsp3) is 0.500. The molecule has 0 aliphatic heterocycles. The summed E-state index contributed by atoms with van der Waals surface area (Å²) >= 11 is 1.19. The Labute approximate surface area is 128 Å². The Kier molecular flexibility index (Phi) is 6.87. The molecule has 0 aliphatic carbocycles. The van der Waals surface area contributed by atoms with Crippen LogP contribution < -0.4 is 5.32 Å². The highest BCUT2D eigenvalue weighted by molar-refractivity contribution is 7.18. The first kappa shape index (κ1) is 17.2. The molecular weight excluding hydrogens is 292 g/mol. The average molecular weight is 312 g/mol. The fourth-order valence-corrected chi connectivity index (χ4v) is 2.65. The number of anilines is 1. The Balaban J connectivity index is 2.77. The topological polar surface area (TPSA) is 75.7 Å². The quantitative estimate of drug-likeness (QED) is 0.783. The van der Waals surface area contributed by atoms with Gasteiger partial charge in [0.1, 0.15) is 6.54 Å². The van der Waals surface area contributed by atoms with Crippen molar-refractivity contribution >= 4 is 34.1 Å². The molecule has 6 nitrogen and oxygen atoms in total. The highest BCUT2D eigenvalue weighted by Crippen LogP contribution is 2.23. The van der Waals surface area contributed by atoms with Gasteiger partial charge >= 0.3 is 5.97 Å². The van der Waals surface area contributed by atoms with Crippen LogP contribution in [0.3, 0.4) is 0 Å². The summed E-state index contributed by atoms with van der Waals surface area (Å²) in [6.45, 7) is 5.77. The van der Waals surface area contributed by atoms with Crippen LogP contribution in [0.25, 0.3) is 0 Å². The number of rotatable bonds is 7. The van der Waals surface area contributed by atoms with E-state index in [4.69, 9.17) is 4.74 Å². The van der Waals surface area contributed by atoms with Gasteiger partial charge in [0.25, 0.3) is 5.91 Å². The third kappa shape index (κ3) is 5.55. The molecule has 0 saturated heterocycles. The highest BCUT2D eigenvalue weighted by atomic mass is 32.1. The third-order valence-electron chi connectivity index (χ3n) is 2.52. The molecule has 1 rings (SSSR count). The molecule has 0 spiro atoms. The van der Waals surface area contributed by atoms with Crippen LogP contribution in [0.4, 0.5) is 5.00 Å². The standard InChI is InChI=1S/C14H20N2O4S/c1-4-8-16(9-13(18)20-5-2)14(19)11-6-7-12(21-11)15-10(3)17/h6-7H,4-5,8-9H2,1-3H3,(H,15,17). The smallest absolute Gasteiger partial charge is 0.325 e. The Morgan fingerprint density at radius 2 is 2.00 bits per heavy atom. The predicted octanol–water partition coefficient (Wildman–Crippen LogP) is 2.12. The number of amides is 2. The molecule has 21 heavy (non-hydrogen) atoms. The first-order valence-corrected chi connectivity index (χ1v) is 7.61. The van der Waals surface area contributed by atoms with Crippen LogP contribution in [0, 0.1) is 0 Å². The predicted molar refractivity (Wildman–Crippen MR) is 81.5 cm³/mol. The van der Waals surface area contributed by atoms with Gasteiger partial charge in [-0.2, -0.15) is 0 Å². The van der Waals surface area contributed by atoms with E-state index in [2.05, 4.69) is 5.32 Å². The Morgan fingerprint density at radius 1 is 1.29 bits per heavy atom. The number of carbonyl (C=O) groups is 3. The maximum atomic E-state index is 12.4. The van der Waals surface area contributed by atoms with Gasteiger partial charge in [-0.25, -0.2) is 0 Å². The van der Waals surface area contributed by atoms with Gasteiger partial charge in [0, 0.05) is 13.5 Å². The van der Waals surface area contributed by atoms with E-state index in [1.807, 2.05) is 6.92 Å². The molecule has 1 heterocycles.